The molecule has 0 spiro atoms. The fraction of sp³-hybridized carbons (Fsp3) is 0.294. The molecule has 0 unspecified atom stereocenters. The lowest BCUT2D eigenvalue weighted by Crippen LogP contribution is -2.30. The molecule has 0 radical (unpaired) electrons. The second kappa shape index (κ2) is 7.02. The van der Waals surface area contributed by atoms with E-state index in [0.717, 1.165) is 29.7 Å². The number of pyridine rings is 1. The lowest BCUT2D eigenvalue weighted by molar-refractivity contribution is -0.123. The standard InChI is InChI=1S/C17H17N3O4S/c1-9(24-17(23)10-5-7-19-8-6-10)15(22)20-16-13(14(18)21)11-3-2-4-12(11)25-16/h5-9H,2-4H2,1H3,(H2,18,21)(H,20,22)/t9-/m1/s1. The Labute approximate surface area is 148 Å². The highest BCUT2D eigenvalue weighted by atomic mass is 32.1. The Morgan fingerprint density at radius 3 is 2.68 bits per heavy atom. The van der Waals surface area contributed by atoms with E-state index in [2.05, 4.69) is 10.3 Å². The van der Waals surface area contributed by atoms with E-state index in [1.54, 1.807) is 0 Å². The Morgan fingerprint density at radius 2 is 2.00 bits per heavy atom. The first-order valence-corrected chi connectivity index (χ1v) is 8.65. The predicted molar refractivity (Wildman–Crippen MR) is 92.6 cm³/mol. The summed E-state index contributed by atoms with van der Waals surface area (Å²) in [6.45, 7) is 1.47. The molecule has 1 aliphatic rings. The van der Waals surface area contributed by atoms with Gasteiger partial charge in [0.05, 0.1) is 11.1 Å². The van der Waals surface area contributed by atoms with Gasteiger partial charge in [-0.15, -0.1) is 11.3 Å². The van der Waals surface area contributed by atoms with E-state index < -0.39 is 23.9 Å². The van der Waals surface area contributed by atoms with Crippen LogP contribution in [0.2, 0.25) is 0 Å². The molecule has 1 aliphatic carbocycles. The first-order chi connectivity index (χ1) is 12.0. The summed E-state index contributed by atoms with van der Waals surface area (Å²) in [5, 5.41) is 3.09. The van der Waals surface area contributed by atoms with Crippen molar-refractivity contribution < 1.29 is 19.1 Å². The van der Waals surface area contributed by atoms with Crippen molar-refractivity contribution >= 4 is 34.1 Å². The van der Waals surface area contributed by atoms with Gasteiger partial charge in [-0.25, -0.2) is 4.79 Å². The molecule has 0 saturated carbocycles. The van der Waals surface area contributed by atoms with Gasteiger partial charge < -0.3 is 15.8 Å². The quantitative estimate of drug-likeness (QED) is 0.792. The van der Waals surface area contributed by atoms with E-state index >= 15 is 0 Å². The number of thiophene rings is 1. The third-order valence-electron chi connectivity index (χ3n) is 3.97. The number of aryl methyl sites for hydroxylation is 1. The van der Waals surface area contributed by atoms with E-state index in [4.69, 9.17) is 10.5 Å². The number of aromatic nitrogens is 1. The number of hydrogen-bond acceptors (Lipinski definition) is 6. The number of carbonyl (C=O) groups is 3. The zero-order valence-electron chi connectivity index (χ0n) is 13.6. The maximum atomic E-state index is 12.3. The molecule has 0 saturated heterocycles. The number of carbonyl (C=O) groups excluding carboxylic acids is 3. The Morgan fingerprint density at radius 1 is 1.28 bits per heavy atom. The van der Waals surface area contributed by atoms with Crippen molar-refractivity contribution in [3.05, 3.63) is 46.1 Å². The van der Waals surface area contributed by atoms with Gasteiger partial charge in [-0.05, 0) is 43.9 Å². The summed E-state index contributed by atoms with van der Waals surface area (Å²) in [4.78, 5) is 41.0. The number of nitrogens with two attached hydrogens (primary N) is 1. The van der Waals surface area contributed by atoms with Crippen LogP contribution in [-0.4, -0.2) is 28.9 Å². The lowest BCUT2D eigenvalue weighted by Gasteiger charge is -2.13. The van der Waals surface area contributed by atoms with Gasteiger partial charge in [-0.3, -0.25) is 14.6 Å². The number of fused-ring (bicyclic) bond motifs is 1. The summed E-state index contributed by atoms with van der Waals surface area (Å²) in [6.07, 6.45) is 4.56. The van der Waals surface area contributed by atoms with Crippen molar-refractivity contribution in [1.29, 1.82) is 0 Å². The Bertz CT molecular complexity index is 832. The molecule has 2 aromatic heterocycles. The minimum atomic E-state index is -1.02. The fourth-order valence-corrected chi connectivity index (χ4v) is 4.03. The number of esters is 1. The van der Waals surface area contributed by atoms with Crippen molar-refractivity contribution in [2.45, 2.75) is 32.3 Å². The number of anilines is 1. The van der Waals surface area contributed by atoms with Crippen LogP contribution in [0.15, 0.2) is 24.5 Å². The average molecular weight is 359 g/mol. The van der Waals surface area contributed by atoms with Gasteiger partial charge in [-0.1, -0.05) is 0 Å². The van der Waals surface area contributed by atoms with Crippen molar-refractivity contribution in [2.24, 2.45) is 5.73 Å². The smallest absolute Gasteiger partial charge is 0.339 e. The minimum absolute atomic E-state index is 0.308. The number of amides is 2. The van der Waals surface area contributed by atoms with Gasteiger partial charge in [0.25, 0.3) is 11.8 Å². The summed E-state index contributed by atoms with van der Waals surface area (Å²) in [7, 11) is 0. The normalized spacial score (nSPS) is 13.8. The van der Waals surface area contributed by atoms with Gasteiger partial charge in [-0.2, -0.15) is 0 Å². The lowest BCUT2D eigenvalue weighted by atomic mass is 10.1. The van der Waals surface area contributed by atoms with Crippen molar-refractivity contribution in [3.8, 4) is 0 Å². The molecule has 7 nitrogen and oxygen atoms in total. The van der Waals surface area contributed by atoms with E-state index in [0.29, 0.717) is 16.1 Å². The SMILES string of the molecule is C[C@@H](OC(=O)c1ccncc1)C(=O)Nc1sc2c(c1C(N)=O)CCC2. The van der Waals surface area contributed by atoms with Crippen LogP contribution >= 0.6 is 11.3 Å². The van der Waals surface area contributed by atoms with Crippen LogP contribution in [0.5, 0.6) is 0 Å². The van der Waals surface area contributed by atoms with Crippen LogP contribution in [0.3, 0.4) is 0 Å². The number of primary amides is 1. The molecular formula is C17H17N3O4S. The van der Waals surface area contributed by atoms with E-state index in [9.17, 15) is 14.4 Å². The van der Waals surface area contributed by atoms with Crippen molar-refractivity contribution in [3.63, 3.8) is 0 Å². The number of rotatable bonds is 5. The van der Waals surface area contributed by atoms with E-state index in [-0.39, 0.29) is 0 Å². The summed E-state index contributed by atoms with van der Waals surface area (Å²) in [5.74, 6) is -1.69. The van der Waals surface area contributed by atoms with E-state index in [1.165, 1.54) is 42.8 Å². The number of ether oxygens (including phenoxy) is 1. The summed E-state index contributed by atoms with van der Waals surface area (Å²) >= 11 is 1.36. The fourth-order valence-electron chi connectivity index (χ4n) is 2.74. The number of nitrogens with one attached hydrogen (secondary N) is 1. The van der Waals surface area contributed by atoms with Crippen LogP contribution in [0, 0.1) is 0 Å². The Balaban J connectivity index is 1.70. The Kier molecular flexibility index (Phi) is 4.80. The second-order valence-corrected chi connectivity index (χ2v) is 6.80. The third kappa shape index (κ3) is 3.53. The average Bonchev–Trinajstić information content (AvgIpc) is 3.15. The maximum absolute atomic E-state index is 12.3. The monoisotopic (exact) mass is 359 g/mol. The van der Waals surface area contributed by atoms with Gasteiger partial charge >= 0.3 is 5.97 Å². The molecule has 0 aliphatic heterocycles. The zero-order valence-corrected chi connectivity index (χ0v) is 14.4. The maximum Gasteiger partial charge on any atom is 0.339 e. The molecule has 3 rings (SSSR count). The molecule has 130 valence electrons. The topological polar surface area (TPSA) is 111 Å². The third-order valence-corrected chi connectivity index (χ3v) is 5.18. The molecule has 0 aromatic carbocycles. The predicted octanol–water partition coefficient (Wildman–Crippen LogP) is 1.91. The Hall–Kier alpha value is -2.74. The van der Waals surface area contributed by atoms with Crippen molar-refractivity contribution in [1.82, 2.24) is 4.98 Å². The molecule has 2 heterocycles. The minimum Gasteiger partial charge on any atom is -0.449 e. The van der Waals surface area contributed by atoms with Gasteiger partial charge in [0.15, 0.2) is 6.10 Å². The largest absolute Gasteiger partial charge is 0.449 e. The van der Waals surface area contributed by atoms with Crippen LogP contribution < -0.4 is 11.1 Å². The van der Waals surface area contributed by atoms with Gasteiger partial charge in [0.1, 0.15) is 5.00 Å². The molecule has 0 fully saturated rings. The highest BCUT2D eigenvalue weighted by molar-refractivity contribution is 7.17. The highest BCUT2D eigenvalue weighted by Gasteiger charge is 2.28. The van der Waals surface area contributed by atoms with Crippen LogP contribution in [-0.2, 0) is 22.4 Å². The molecule has 25 heavy (non-hydrogen) atoms. The second-order valence-electron chi connectivity index (χ2n) is 5.70. The zero-order chi connectivity index (χ0) is 18.0. The van der Waals surface area contributed by atoms with Crippen LogP contribution in [0.4, 0.5) is 5.00 Å². The highest BCUT2D eigenvalue weighted by Crippen LogP contribution is 2.38. The van der Waals surface area contributed by atoms with Crippen molar-refractivity contribution in [2.75, 3.05) is 5.32 Å². The molecule has 2 amide bonds. The molecular weight excluding hydrogens is 342 g/mol. The molecule has 1 atom stereocenters. The van der Waals surface area contributed by atoms with Crippen LogP contribution in [0.1, 0.15) is 44.5 Å². The van der Waals surface area contributed by atoms with Gasteiger partial charge in [0.2, 0.25) is 0 Å². The molecule has 0 bridgehead atoms. The summed E-state index contributed by atoms with van der Waals surface area (Å²) < 4.78 is 5.16. The van der Waals surface area contributed by atoms with E-state index in [1.807, 2.05) is 0 Å². The first-order valence-electron chi connectivity index (χ1n) is 7.83. The number of nitrogens with zero attached hydrogens (tertiary/aromatic N) is 1. The summed E-state index contributed by atoms with van der Waals surface area (Å²) in [6, 6.07) is 3.00. The summed E-state index contributed by atoms with van der Waals surface area (Å²) in [5.41, 5.74) is 7.07. The number of hydrogen-bond donors (Lipinski definition) is 2. The first kappa shape index (κ1) is 17.1. The molecule has 2 aromatic rings. The molecule has 8 heteroatoms. The molecule has 3 N–H and O–H groups in total. The van der Waals surface area contributed by atoms with Crippen LogP contribution in [0.25, 0.3) is 0 Å². The van der Waals surface area contributed by atoms with Gasteiger partial charge in [0, 0.05) is 17.3 Å².